The molecule has 0 bridgehead atoms. The Hall–Kier alpha value is -2.01. The Morgan fingerprint density at radius 3 is 2.94 bits per heavy atom. The summed E-state index contributed by atoms with van der Waals surface area (Å²) in [6.45, 7) is 0.253. The predicted molar refractivity (Wildman–Crippen MR) is 68.9 cm³/mol. The first-order chi connectivity index (χ1) is 8.56. The Morgan fingerprint density at radius 2 is 2.22 bits per heavy atom. The molecule has 0 aliphatic carbocycles. The van der Waals surface area contributed by atoms with Crippen molar-refractivity contribution in [2.45, 2.75) is 0 Å². The summed E-state index contributed by atoms with van der Waals surface area (Å²) in [5, 5.41) is 4.15. The molecule has 0 saturated heterocycles. The third kappa shape index (κ3) is 2.81. The molecule has 4 nitrogen and oxygen atoms in total. The summed E-state index contributed by atoms with van der Waals surface area (Å²) in [6, 6.07) is 4.46. The van der Waals surface area contributed by atoms with Crippen LogP contribution in [0.1, 0.15) is 0 Å². The van der Waals surface area contributed by atoms with Crippen molar-refractivity contribution in [1.82, 2.24) is 9.88 Å². The van der Waals surface area contributed by atoms with Gasteiger partial charge in [0.25, 0.3) is 0 Å². The second-order valence-corrected chi connectivity index (χ2v) is 4.34. The van der Waals surface area contributed by atoms with E-state index in [2.05, 4.69) is 10.3 Å². The second kappa shape index (κ2) is 5.10. The Kier molecular flexibility index (Phi) is 3.53. The van der Waals surface area contributed by atoms with E-state index < -0.39 is 5.82 Å². The molecule has 1 amide bonds. The number of nitrogens with zero attached hydrogens (tertiary/aromatic N) is 2. The number of likely N-dealkylation sites (N-methyl/N-ethyl adjacent to an activating group) is 1. The van der Waals surface area contributed by atoms with E-state index in [1.165, 1.54) is 12.1 Å². The summed E-state index contributed by atoms with van der Waals surface area (Å²) in [6.07, 6.45) is 3.18. The van der Waals surface area contributed by atoms with Gasteiger partial charge in [0, 0.05) is 23.2 Å². The number of rotatable bonds is 3. The molecule has 0 aliphatic rings. The Balaban J connectivity index is 2.35. The first-order valence-electron chi connectivity index (χ1n) is 5.54. The number of fused-ring (bicyclic) bond motifs is 1. The summed E-state index contributed by atoms with van der Waals surface area (Å²) in [4.78, 5) is 17.4. The zero-order valence-corrected chi connectivity index (χ0v) is 10.3. The van der Waals surface area contributed by atoms with Gasteiger partial charge in [-0.25, -0.2) is 4.39 Å². The van der Waals surface area contributed by atoms with Crippen LogP contribution in [-0.4, -0.2) is 36.4 Å². The average Bonchev–Trinajstić information content (AvgIpc) is 2.27. The van der Waals surface area contributed by atoms with E-state index in [1.54, 1.807) is 37.5 Å². The van der Waals surface area contributed by atoms with Crippen LogP contribution >= 0.6 is 0 Å². The monoisotopic (exact) mass is 247 g/mol. The van der Waals surface area contributed by atoms with E-state index in [4.69, 9.17) is 0 Å². The minimum absolute atomic E-state index is 0.177. The Bertz CT molecular complexity index is 583. The fourth-order valence-corrected chi connectivity index (χ4v) is 1.75. The fourth-order valence-electron chi connectivity index (χ4n) is 1.75. The minimum Gasteiger partial charge on any atom is -0.324 e. The van der Waals surface area contributed by atoms with Gasteiger partial charge in [0.15, 0.2) is 0 Å². The molecule has 0 radical (unpaired) electrons. The summed E-state index contributed by atoms with van der Waals surface area (Å²) in [7, 11) is 3.60. The highest BCUT2D eigenvalue weighted by atomic mass is 19.1. The van der Waals surface area contributed by atoms with E-state index in [0.717, 1.165) is 5.39 Å². The van der Waals surface area contributed by atoms with Crippen molar-refractivity contribution in [3.8, 4) is 0 Å². The third-order valence-corrected chi connectivity index (χ3v) is 2.45. The van der Waals surface area contributed by atoms with Gasteiger partial charge < -0.3 is 10.2 Å². The highest BCUT2D eigenvalue weighted by Gasteiger charge is 2.08. The van der Waals surface area contributed by atoms with Crippen LogP contribution in [0, 0.1) is 5.82 Å². The number of hydrogen-bond acceptors (Lipinski definition) is 3. The molecule has 18 heavy (non-hydrogen) atoms. The second-order valence-electron chi connectivity index (χ2n) is 4.34. The first-order valence-corrected chi connectivity index (χ1v) is 5.54. The molecule has 2 aromatic rings. The number of anilines is 1. The molecule has 1 aromatic carbocycles. The van der Waals surface area contributed by atoms with E-state index in [-0.39, 0.29) is 12.5 Å². The van der Waals surface area contributed by atoms with Crippen LogP contribution in [0.5, 0.6) is 0 Å². The minimum atomic E-state index is -0.393. The number of halogens is 1. The lowest BCUT2D eigenvalue weighted by Crippen LogP contribution is -2.27. The van der Waals surface area contributed by atoms with Crippen LogP contribution in [0.3, 0.4) is 0 Å². The molecule has 1 aromatic heterocycles. The van der Waals surface area contributed by atoms with Gasteiger partial charge in [-0.15, -0.1) is 0 Å². The predicted octanol–water partition coefficient (Wildman–Crippen LogP) is 1.87. The number of benzene rings is 1. The van der Waals surface area contributed by atoms with Crippen LogP contribution in [-0.2, 0) is 4.79 Å². The van der Waals surface area contributed by atoms with Crippen molar-refractivity contribution in [2.24, 2.45) is 0 Å². The molecule has 1 N–H and O–H groups in total. The maximum Gasteiger partial charge on any atom is 0.238 e. The number of aromatic nitrogens is 1. The van der Waals surface area contributed by atoms with E-state index in [9.17, 15) is 9.18 Å². The molecule has 0 fully saturated rings. The van der Waals surface area contributed by atoms with Crippen molar-refractivity contribution in [3.63, 3.8) is 0 Å². The maximum atomic E-state index is 13.4. The number of carbonyl (C=O) groups excluding carboxylic acids is 1. The standard InChI is InChI=1S/C13H14FN3O/c1-17(2)8-13(18)16-12-6-10(14)5-9-7-15-4-3-11(9)12/h3-7H,8H2,1-2H3,(H,16,18). The van der Waals surface area contributed by atoms with Gasteiger partial charge in [-0.1, -0.05) is 0 Å². The third-order valence-electron chi connectivity index (χ3n) is 2.45. The summed E-state index contributed by atoms with van der Waals surface area (Å²) in [5.74, 6) is -0.570. The number of nitrogens with one attached hydrogen (secondary N) is 1. The molecule has 0 saturated carbocycles. The topological polar surface area (TPSA) is 45.2 Å². The zero-order chi connectivity index (χ0) is 13.1. The normalized spacial score (nSPS) is 10.9. The molecule has 0 spiro atoms. The molecule has 94 valence electrons. The maximum absolute atomic E-state index is 13.4. The molecule has 0 atom stereocenters. The highest BCUT2D eigenvalue weighted by molar-refractivity contribution is 6.02. The van der Waals surface area contributed by atoms with E-state index in [1.807, 2.05) is 0 Å². The van der Waals surface area contributed by atoms with Gasteiger partial charge in [-0.3, -0.25) is 9.78 Å². The number of carbonyl (C=O) groups is 1. The highest BCUT2D eigenvalue weighted by Crippen LogP contribution is 2.24. The molecular formula is C13H14FN3O. The SMILES string of the molecule is CN(C)CC(=O)Nc1cc(F)cc2cnccc12. The van der Waals surface area contributed by atoms with Gasteiger partial charge in [0.1, 0.15) is 5.82 Å². The largest absolute Gasteiger partial charge is 0.324 e. The number of hydrogen-bond donors (Lipinski definition) is 1. The van der Waals surface area contributed by atoms with Crippen molar-refractivity contribution < 1.29 is 9.18 Å². The summed E-state index contributed by atoms with van der Waals surface area (Å²) < 4.78 is 13.4. The zero-order valence-electron chi connectivity index (χ0n) is 10.3. The lowest BCUT2D eigenvalue weighted by Gasteiger charge is -2.12. The lowest BCUT2D eigenvalue weighted by atomic mass is 10.1. The van der Waals surface area contributed by atoms with Crippen molar-refractivity contribution in [1.29, 1.82) is 0 Å². The van der Waals surface area contributed by atoms with Crippen molar-refractivity contribution >= 4 is 22.4 Å². The molecule has 0 aliphatic heterocycles. The van der Waals surface area contributed by atoms with Crippen LogP contribution in [0.15, 0.2) is 30.6 Å². The average molecular weight is 247 g/mol. The molecular weight excluding hydrogens is 233 g/mol. The summed E-state index contributed by atoms with van der Waals surface area (Å²) >= 11 is 0. The van der Waals surface area contributed by atoms with Crippen molar-refractivity contribution in [3.05, 3.63) is 36.4 Å². The van der Waals surface area contributed by atoms with E-state index in [0.29, 0.717) is 11.1 Å². The summed E-state index contributed by atoms with van der Waals surface area (Å²) in [5.41, 5.74) is 0.472. The molecule has 1 heterocycles. The quantitative estimate of drug-likeness (QED) is 0.900. The molecule has 2 rings (SSSR count). The molecule has 5 heteroatoms. The van der Waals surface area contributed by atoms with Gasteiger partial charge >= 0.3 is 0 Å². The smallest absolute Gasteiger partial charge is 0.238 e. The number of amides is 1. The van der Waals surface area contributed by atoms with Crippen molar-refractivity contribution in [2.75, 3.05) is 26.0 Å². The van der Waals surface area contributed by atoms with Crippen LogP contribution < -0.4 is 5.32 Å². The fraction of sp³-hybridized carbons (Fsp3) is 0.231. The van der Waals surface area contributed by atoms with E-state index >= 15 is 0 Å². The Morgan fingerprint density at radius 1 is 1.44 bits per heavy atom. The lowest BCUT2D eigenvalue weighted by molar-refractivity contribution is -0.116. The number of pyridine rings is 1. The van der Waals surface area contributed by atoms with Gasteiger partial charge in [0.2, 0.25) is 5.91 Å². The van der Waals surface area contributed by atoms with Crippen LogP contribution in [0.4, 0.5) is 10.1 Å². The first kappa shape index (κ1) is 12.4. The molecule has 0 unspecified atom stereocenters. The van der Waals surface area contributed by atoms with Crippen LogP contribution in [0.2, 0.25) is 0 Å². The van der Waals surface area contributed by atoms with Crippen LogP contribution in [0.25, 0.3) is 10.8 Å². The van der Waals surface area contributed by atoms with Gasteiger partial charge in [-0.05, 0) is 32.3 Å². The van der Waals surface area contributed by atoms with Gasteiger partial charge in [-0.2, -0.15) is 0 Å². The van der Waals surface area contributed by atoms with Gasteiger partial charge in [0.05, 0.1) is 12.2 Å². The Labute approximate surface area is 104 Å².